The third kappa shape index (κ3) is 1.58. The molecule has 0 unspecified atom stereocenters. The molecule has 0 aliphatic heterocycles. The van der Waals surface area contributed by atoms with Gasteiger partial charge in [-0.05, 0) is 34.4 Å². The van der Waals surface area contributed by atoms with Gasteiger partial charge in [0.2, 0.25) is 0 Å². The minimum absolute atomic E-state index is 0.788. The molecule has 0 aliphatic rings. The first kappa shape index (κ1) is 12.5. The van der Waals surface area contributed by atoms with E-state index < -0.39 is 0 Å². The Morgan fingerprint density at radius 1 is 0.636 bits per heavy atom. The third-order valence-corrected chi connectivity index (χ3v) is 5.75. The first-order valence-corrected chi connectivity index (χ1v) is 8.43. The maximum Gasteiger partial charge on any atom is 0.0440 e. The minimum Gasteiger partial charge on any atom is -0.135 e. The zero-order chi connectivity index (χ0) is 14.7. The first-order valence-electron chi connectivity index (χ1n) is 7.24. The summed E-state index contributed by atoms with van der Waals surface area (Å²) in [5.74, 6) is 0. The van der Waals surface area contributed by atoms with Crippen molar-refractivity contribution in [1.82, 2.24) is 0 Å². The Labute approximate surface area is 136 Å². The van der Waals surface area contributed by atoms with Gasteiger partial charge in [-0.15, -0.1) is 11.3 Å². The maximum atomic E-state index is 6.27. The van der Waals surface area contributed by atoms with Crippen molar-refractivity contribution in [3.8, 4) is 0 Å². The van der Waals surface area contributed by atoms with Crippen LogP contribution >= 0.6 is 22.9 Å². The molecule has 5 aromatic rings. The summed E-state index contributed by atoms with van der Waals surface area (Å²) in [4.78, 5) is 0. The van der Waals surface area contributed by atoms with Gasteiger partial charge in [-0.25, -0.2) is 0 Å². The Bertz CT molecular complexity index is 1180. The van der Waals surface area contributed by atoms with Crippen molar-refractivity contribution in [3.63, 3.8) is 0 Å². The normalized spacial score (nSPS) is 11.9. The molecule has 5 rings (SSSR count). The molecule has 0 aliphatic carbocycles. The van der Waals surface area contributed by atoms with Crippen LogP contribution in [0.5, 0.6) is 0 Å². The van der Waals surface area contributed by atoms with E-state index in [0.29, 0.717) is 0 Å². The van der Waals surface area contributed by atoms with Crippen molar-refractivity contribution >= 4 is 64.7 Å². The monoisotopic (exact) mass is 318 g/mol. The number of thiophene rings is 1. The average Bonchev–Trinajstić information content (AvgIpc) is 2.95. The van der Waals surface area contributed by atoms with E-state index in [1.807, 2.05) is 17.4 Å². The Balaban J connectivity index is 2.23. The number of fused-ring (bicyclic) bond motifs is 8. The molecule has 0 spiro atoms. The molecule has 104 valence electrons. The molecular formula is C20H11ClS. The van der Waals surface area contributed by atoms with Crippen molar-refractivity contribution in [2.75, 3.05) is 0 Å². The Kier molecular flexibility index (Phi) is 2.52. The van der Waals surface area contributed by atoms with Crippen molar-refractivity contribution in [2.24, 2.45) is 0 Å². The molecule has 0 fully saturated rings. The van der Waals surface area contributed by atoms with E-state index >= 15 is 0 Å². The highest BCUT2D eigenvalue weighted by molar-refractivity contribution is 7.27. The lowest BCUT2D eigenvalue weighted by Crippen LogP contribution is -1.80. The summed E-state index contributed by atoms with van der Waals surface area (Å²) < 4.78 is 2.71. The molecule has 1 heterocycles. The topological polar surface area (TPSA) is 0 Å². The molecule has 0 saturated heterocycles. The van der Waals surface area contributed by atoms with Crippen LogP contribution in [0.4, 0.5) is 0 Å². The fourth-order valence-electron chi connectivity index (χ4n) is 3.38. The average molecular weight is 319 g/mol. The Morgan fingerprint density at radius 2 is 1.36 bits per heavy atom. The molecule has 0 atom stereocenters. The molecule has 0 N–H and O–H groups in total. The van der Waals surface area contributed by atoms with Crippen molar-refractivity contribution in [3.05, 3.63) is 71.8 Å². The van der Waals surface area contributed by atoms with Crippen LogP contribution in [0.2, 0.25) is 5.02 Å². The molecule has 4 aromatic carbocycles. The smallest absolute Gasteiger partial charge is 0.0440 e. The number of halogens is 1. The highest BCUT2D eigenvalue weighted by Gasteiger charge is 2.13. The maximum absolute atomic E-state index is 6.27. The van der Waals surface area contributed by atoms with Gasteiger partial charge >= 0.3 is 0 Å². The highest BCUT2D eigenvalue weighted by atomic mass is 35.5. The van der Waals surface area contributed by atoms with Crippen LogP contribution in [0.3, 0.4) is 0 Å². The molecule has 0 bridgehead atoms. The molecule has 0 saturated carbocycles. The summed E-state index contributed by atoms with van der Waals surface area (Å²) in [6, 6.07) is 23.5. The first-order chi connectivity index (χ1) is 10.8. The standard InChI is InChI=1S/C20H11ClS/c21-12-9-10-14-17(11-12)13-5-1-2-6-15(13)20-19(14)16-7-3-4-8-18(16)22-20/h1-11H. The number of hydrogen-bond donors (Lipinski definition) is 0. The van der Waals surface area contributed by atoms with Crippen LogP contribution < -0.4 is 0 Å². The van der Waals surface area contributed by atoms with Gasteiger partial charge in [0, 0.05) is 30.6 Å². The zero-order valence-electron chi connectivity index (χ0n) is 11.6. The molecule has 0 nitrogen and oxygen atoms in total. The van der Waals surface area contributed by atoms with E-state index in [1.165, 1.54) is 41.7 Å². The lowest BCUT2D eigenvalue weighted by molar-refractivity contribution is 1.80. The summed E-state index contributed by atoms with van der Waals surface area (Å²) >= 11 is 8.14. The largest absolute Gasteiger partial charge is 0.135 e. The van der Waals surface area contributed by atoms with E-state index in [4.69, 9.17) is 11.6 Å². The summed E-state index contributed by atoms with van der Waals surface area (Å²) in [5.41, 5.74) is 0. The number of benzene rings is 4. The van der Waals surface area contributed by atoms with Crippen LogP contribution in [-0.4, -0.2) is 0 Å². The van der Waals surface area contributed by atoms with E-state index in [1.54, 1.807) is 0 Å². The lowest BCUT2D eigenvalue weighted by Gasteiger charge is -2.07. The predicted octanol–water partition coefficient (Wildman–Crippen LogP) is 7.01. The van der Waals surface area contributed by atoms with E-state index in [2.05, 4.69) is 60.7 Å². The Hall–Kier alpha value is -2.09. The van der Waals surface area contributed by atoms with Crippen LogP contribution in [0.15, 0.2) is 66.7 Å². The molecule has 0 radical (unpaired) electrons. The molecule has 2 heteroatoms. The second kappa shape index (κ2) is 4.45. The second-order valence-electron chi connectivity index (χ2n) is 5.54. The summed E-state index contributed by atoms with van der Waals surface area (Å²) in [5, 5.41) is 8.59. The Morgan fingerprint density at radius 3 is 2.23 bits per heavy atom. The van der Waals surface area contributed by atoms with Gasteiger partial charge in [0.15, 0.2) is 0 Å². The van der Waals surface area contributed by atoms with Crippen LogP contribution in [-0.2, 0) is 0 Å². The van der Waals surface area contributed by atoms with Gasteiger partial charge in [-0.3, -0.25) is 0 Å². The van der Waals surface area contributed by atoms with E-state index in [9.17, 15) is 0 Å². The fraction of sp³-hybridized carbons (Fsp3) is 0. The molecule has 22 heavy (non-hydrogen) atoms. The van der Waals surface area contributed by atoms with Crippen molar-refractivity contribution in [1.29, 1.82) is 0 Å². The van der Waals surface area contributed by atoms with Gasteiger partial charge in [0.1, 0.15) is 0 Å². The van der Waals surface area contributed by atoms with Crippen LogP contribution in [0.1, 0.15) is 0 Å². The van der Waals surface area contributed by atoms with Crippen molar-refractivity contribution in [2.45, 2.75) is 0 Å². The SMILES string of the molecule is Clc1ccc2c(c1)c1ccccc1c1sc3ccccc3c21. The highest BCUT2D eigenvalue weighted by Crippen LogP contribution is 2.44. The van der Waals surface area contributed by atoms with E-state index in [0.717, 1.165) is 5.02 Å². The molecular weight excluding hydrogens is 308 g/mol. The quantitative estimate of drug-likeness (QED) is 0.269. The number of rotatable bonds is 0. The van der Waals surface area contributed by atoms with Crippen LogP contribution in [0.25, 0.3) is 41.7 Å². The van der Waals surface area contributed by atoms with Gasteiger partial charge in [-0.1, -0.05) is 60.1 Å². The summed E-state index contributed by atoms with van der Waals surface area (Å²) in [7, 11) is 0. The molecule has 0 amide bonds. The molecule has 1 aromatic heterocycles. The van der Waals surface area contributed by atoms with Gasteiger partial charge in [0.25, 0.3) is 0 Å². The number of hydrogen-bond acceptors (Lipinski definition) is 1. The fourth-order valence-corrected chi connectivity index (χ4v) is 4.80. The predicted molar refractivity (Wildman–Crippen MR) is 99.4 cm³/mol. The summed E-state index contributed by atoms with van der Waals surface area (Å²) in [6.45, 7) is 0. The van der Waals surface area contributed by atoms with E-state index in [-0.39, 0.29) is 0 Å². The van der Waals surface area contributed by atoms with Crippen molar-refractivity contribution < 1.29 is 0 Å². The minimum atomic E-state index is 0.788. The zero-order valence-corrected chi connectivity index (χ0v) is 13.2. The third-order valence-electron chi connectivity index (χ3n) is 4.31. The van der Waals surface area contributed by atoms with Gasteiger partial charge in [-0.2, -0.15) is 0 Å². The van der Waals surface area contributed by atoms with Gasteiger partial charge in [0.05, 0.1) is 0 Å². The lowest BCUT2D eigenvalue weighted by atomic mass is 9.97. The summed E-state index contributed by atoms with van der Waals surface area (Å²) in [6.07, 6.45) is 0. The second-order valence-corrected chi connectivity index (χ2v) is 7.03. The van der Waals surface area contributed by atoms with Crippen LogP contribution in [0, 0.1) is 0 Å². The van der Waals surface area contributed by atoms with Gasteiger partial charge < -0.3 is 0 Å².